The SMILES string of the molecule is O=[N+]([O-])[O-].[H-].[H-].[K+].[Li+].[Na+]. The van der Waals surface area contributed by atoms with Crippen LogP contribution >= 0.6 is 0 Å². The monoisotopic (exact) mass is 133 g/mol. The molecule has 0 fully saturated rings. The largest absolute Gasteiger partial charge is 1.00 e. The van der Waals surface area contributed by atoms with Crippen molar-refractivity contribution >= 4 is 0 Å². The van der Waals surface area contributed by atoms with Crippen molar-refractivity contribution in [3.05, 3.63) is 15.3 Å². The zero-order chi connectivity index (χ0) is 3.58. The standard InChI is InChI=1S/K.Li.NO3.Na.2H/c;;2-1(3)4;;;/q2*+1;-1;+1;2*-1. The Kier molecular flexibility index (Phi) is 51.2. The molecule has 0 aliphatic heterocycles. The van der Waals surface area contributed by atoms with E-state index in [1.807, 2.05) is 0 Å². The second-order valence-corrected chi connectivity index (χ2v) is 0.224. The van der Waals surface area contributed by atoms with E-state index < -0.39 is 5.09 Å². The fourth-order valence-electron chi connectivity index (χ4n) is 0. The van der Waals surface area contributed by atoms with Crippen LogP contribution < -0.4 is 99.8 Å². The molecule has 0 bridgehead atoms. The Labute approximate surface area is 120 Å². The number of nitrogens with zero attached hydrogens (tertiary/aromatic N) is 1. The van der Waals surface area contributed by atoms with Crippen molar-refractivity contribution < 1.29 is 108 Å². The molecule has 0 saturated carbocycles. The minimum absolute atomic E-state index is 0. The average Bonchev–Trinajstić information content (AvgIpc) is 0.811. The maximum absolute atomic E-state index is 8.25. The van der Waals surface area contributed by atoms with Crippen molar-refractivity contribution in [2.45, 2.75) is 0 Å². The van der Waals surface area contributed by atoms with Gasteiger partial charge >= 0.3 is 99.8 Å². The van der Waals surface area contributed by atoms with Gasteiger partial charge in [-0.1, -0.05) is 0 Å². The predicted molar refractivity (Wildman–Crippen MR) is 12.6 cm³/mol. The third kappa shape index (κ3) is 58.9. The molecule has 0 radical (unpaired) electrons. The molecular weight excluding hydrogens is 131 g/mol. The fraction of sp³-hybridized carbons (Fsp3) is 0. The van der Waals surface area contributed by atoms with Gasteiger partial charge in [-0.15, -0.1) is 0 Å². The molecule has 0 unspecified atom stereocenters. The Hall–Kier alpha value is 2.43. The first kappa shape index (κ1) is 22.7. The van der Waals surface area contributed by atoms with Gasteiger partial charge in [-0.05, 0) is 0 Å². The molecule has 0 aromatic carbocycles. The molecule has 0 saturated heterocycles. The molecule has 0 aliphatic carbocycles. The van der Waals surface area contributed by atoms with E-state index in [2.05, 4.69) is 0 Å². The summed E-state index contributed by atoms with van der Waals surface area (Å²) in [6.45, 7) is 0. The first-order valence-electron chi connectivity index (χ1n) is 0.548. The van der Waals surface area contributed by atoms with Crippen molar-refractivity contribution in [1.29, 1.82) is 0 Å². The van der Waals surface area contributed by atoms with Crippen molar-refractivity contribution in [2.24, 2.45) is 0 Å². The van der Waals surface area contributed by atoms with Gasteiger partial charge in [0.1, 0.15) is 0 Å². The summed E-state index contributed by atoms with van der Waals surface area (Å²) >= 11 is 0. The van der Waals surface area contributed by atoms with Gasteiger partial charge in [-0.25, -0.2) is 0 Å². The molecule has 28 valence electrons. The van der Waals surface area contributed by atoms with Gasteiger partial charge in [-0.3, -0.25) is 0 Å². The maximum atomic E-state index is 8.25. The molecule has 0 aliphatic rings. The average molecular weight is 133 g/mol. The third-order valence-electron chi connectivity index (χ3n) is 0. The molecule has 7 heavy (non-hydrogen) atoms. The summed E-state index contributed by atoms with van der Waals surface area (Å²) in [7, 11) is 0. The van der Waals surface area contributed by atoms with Crippen molar-refractivity contribution in [3.63, 3.8) is 0 Å². The van der Waals surface area contributed by atoms with Gasteiger partial charge in [-0.2, -0.15) is 0 Å². The van der Waals surface area contributed by atoms with Crippen molar-refractivity contribution in [1.82, 2.24) is 0 Å². The van der Waals surface area contributed by atoms with Gasteiger partial charge < -0.3 is 18.2 Å². The molecule has 0 rings (SSSR count). The summed E-state index contributed by atoms with van der Waals surface area (Å²) < 4.78 is 0. The second-order valence-electron chi connectivity index (χ2n) is 0.224. The molecule has 0 spiro atoms. The van der Waals surface area contributed by atoms with Crippen LogP contribution in [0, 0.1) is 15.3 Å². The van der Waals surface area contributed by atoms with E-state index in [9.17, 15) is 0 Å². The summed E-state index contributed by atoms with van der Waals surface area (Å²) in [6.07, 6.45) is 0. The van der Waals surface area contributed by atoms with E-state index in [1.54, 1.807) is 0 Å². The molecule has 7 heteroatoms. The normalized spacial score (nSPS) is 3.43. The molecule has 0 aromatic rings. The predicted octanol–water partition coefficient (Wildman–Crippen LogP) is -9.00. The molecule has 0 N–H and O–H groups in total. The van der Waals surface area contributed by atoms with E-state index in [-0.39, 0.29) is 103 Å². The summed E-state index contributed by atoms with van der Waals surface area (Å²) in [5, 5.41) is 14.8. The third-order valence-corrected chi connectivity index (χ3v) is 0. The first-order valence-corrected chi connectivity index (χ1v) is 0.548. The summed E-state index contributed by atoms with van der Waals surface area (Å²) in [5.74, 6) is 0. The van der Waals surface area contributed by atoms with Gasteiger partial charge in [0.05, 0.1) is 5.09 Å². The number of rotatable bonds is 0. The molecule has 0 atom stereocenters. The van der Waals surface area contributed by atoms with Gasteiger partial charge in [0, 0.05) is 0 Å². The quantitative estimate of drug-likeness (QED) is 0.187. The topological polar surface area (TPSA) is 66.2 Å². The molecule has 0 aromatic heterocycles. The van der Waals surface area contributed by atoms with Crippen molar-refractivity contribution in [2.75, 3.05) is 0 Å². The number of hydrogen-bond donors (Lipinski definition) is 0. The minimum Gasteiger partial charge on any atom is -1.00 e. The van der Waals surface area contributed by atoms with Crippen LogP contribution in [0.1, 0.15) is 2.85 Å². The minimum atomic E-state index is -1.75. The van der Waals surface area contributed by atoms with Crippen LogP contribution in [0.15, 0.2) is 0 Å². The van der Waals surface area contributed by atoms with Crippen LogP contribution in [0.4, 0.5) is 0 Å². The van der Waals surface area contributed by atoms with Crippen molar-refractivity contribution in [3.8, 4) is 0 Å². The van der Waals surface area contributed by atoms with Crippen LogP contribution in [0.25, 0.3) is 0 Å². The van der Waals surface area contributed by atoms with E-state index >= 15 is 0 Å². The zero-order valence-electron chi connectivity index (χ0n) is 6.67. The Morgan fingerprint density at radius 1 is 1.43 bits per heavy atom. The van der Waals surface area contributed by atoms with E-state index in [0.29, 0.717) is 0 Å². The van der Waals surface area contributed by atoms with Crippen LogP contribution in [-0.2, 0) is 0 Å². The molecule has 0 heterocycles. The zero-order valence-corrected chi connectivity index (χ0v) is 9.80. The van der Waals surface area contributed by atoms with Crippen LogP contribution in [0.2, 0.25) is 0 Å². The number of hydrogen-bond acceptors (Lipinski definition) is 3. The fourth-order valence-corrected chi connectivity index (χ4v) is 0. The smallest absolute Gasteiger partial charge is 1.00 e. The Morgan fingerprint density at radius 3 is 1.43 bits per heavy atom. The summed E-state index contributed by atoms with van der Waals surface area (Å²) in [4.78, 5) is 8.25. The van der Waals surface area contributed by atoms with Gasteiger partial charge in [0.15, 0.2) is 0 Å². The van der Waals surface area contributed by atoms with E-state index in [0.717, 1.165) is 0 Å². The summed E-state index contributed by atoms with van der Waals surface area (Å²) in [6, 6.07) is 0. The Balaban J connectivity index is -0.00000000450. The Bertz CT molecular complexity index is 44.8. The van der Waals surface area contributed by atoms with Gasteiger partial charge in [0.25, 0.3) is 0 Å². The van der Waals surface area contributed by atoms with Crippen LogP contribution in [0.5, 0.6) is 0 Å². The first-order chi connectivity index (χ1) is 1.73. The molecule has 0 amide bonds. The van der Waals surface area contributed by atoms with Crippen LogP contribution in [-0.4, -0.2) is 5.09 Å². The Morgan fingerprint density at radius 2 is 1.43 bits per heavy atom. The van der Waals surface area contributed by atoms with Crippen LogP contribution in [0.3, 0.4) is 0 Å². The summed E-state index contributed by atoms with van der Waals surface area (Å²) in [5.41, 5.74) is 0. The molecule has 4 nitrogen and oxygen atoms in total. The van der Waals surface area contributed by atoms with Gasteiger partial charge in [0.2, 0.25) is 0 Å². The van der Waals surface area contributed by atoms with E-state index in [4.69, 9.17) is 15.3 Å². The maximum Gasteiger partial charge on any atom is 1.00 e. The second kappa shape index (κ2) is 15.8. The van der Waals surface area contributed by atoms with E-state index in [1.165, 1.54) is 0 Å². The molecular formula is H2KLiNNaO3.